The highest BCUT2D eigenvalue weighted by atomic mass is 79.9. The number of hydrogen-bond donors (Lipinski definition) is 0. The van der Waals surface area contributed by atoms with Crippen molar-refractivity contribution in [2.24, 2.45) is 0 Å². The third-order valence-corrected chi connectivity index (χ3v) is 5.39. The molecule has 1 aromatic heterocycles. The van der Waals surface area contributed by atoms with Gasteiger partial charge in [-0.2, -0.15) is 0 Å². The SMILES string of the molecule is O=C(C=Cc1ccc(Cl)cc1Cl)c1cc2cc(Br)ccc2sc1=O. The summed E-state index contributed by atoms with van der Waals surface area (Å²) in [6.45, 7) is 0. The van der Waals surface area contributed by atoms with Gasteiger partial charge in [-0.1, -0.05) is 56.5 Å². The summed E-state index contributed by atoms with van der Waals surface area (Å²) in [6.07, 6.45) is 2.93. The van der Waals surface area contributed by atoms with Crippen LogP contribution in [-0.2, 0) is 0 Å². The van der Waals surface area contributed by atoms with Crippen LogP contribution in [0.15, 0.2) is 57.8 Å². The van der Waals surface area contributed by atoms with Crippen molar-refractivity contribution in [2.45, 2.75) is 0 Å². The lowest BCUT2D eigenvalue weighted by Gasteiger charge is -2.01. The van der Waals surface area contributed by atoms with Crippen molar-refractivity contribution in [2.75, 3.05) is 0 Å². The molecule has 0 aliphatic heterocycles. The predicted octanol–water partition coefficient (Wildman–Crippen LogP) is 6.23. The zero-order valence-electron chi connectivity index (χ0n) is 12.1. The number of halogens is 3. The maximum atomic E-state index is 12.4. The van der Waals surface area contributed by atoms with E-state index in [-0.39, 0.29) is 16.1 Å². The molecule has 0 aliphatic rings. The monoisotopic (exact) mass is 438 g/mol. The van der Waals surface area contributed by atoms with Crippen LogP contribution < -0.4 is 4.74 Å². The van der Waals surface area contributed by atoms with E-state index >= 15 is 0 Å². The number of hydrogen-bond acceptors (Lipinski definition) is 3. The molecule has 0 fully saturated rings. The molecule has 0 saturated heterocycles. The minimum Gasteiger partial charge on any atom is -0.289 e. The number of rotatable bonds is 3. The van der Waals surface area contributed by atoms with Gasteiger partial charge in [0.25, 0.3) is 0 Å². The van der Waals surface area contributed by atoms with E-state index < -0.39 is 0 Å². The summed E-state index contributed by atoms with van der Waals surface area (Å²) >= 11 is 16.4. The lowest BCUT2D eigenvalue weighted by Crippen LogP contribution is -2.09. The molecule has 0 aliphatic carbocycles. The summed E-state index contributed by atoms with van der Waals surface area (Å²) < 4.78 is 1.47. The van der Waals surface area contributed by atoms with Crippen molar-refractivity contribution in [1.29, 1.82) is 0 Å². The van der Waals surface area contributed by atoms with Crippen LogP contribution in [0.1, 0.15) is 15.9 Å². The third kappa shape index (κ3) is 3.78. The number of carbonyl (C=O) groups excluding carboxylic acids is 1. The van der Waals surface area contributed by atoms with Gasteiger partial charge in [-0.05, 0) is 59.5 Å². The van der Waals surface area contributed by atoms with Gasteiger partial charge in [0.05, 0.1) is 5.56 Å². The number of allylic oxidation sites excluding steroid dienone is 1. The average Bonchev–Trinajstić information content (AvgIpc) is 2.53. The molecule has 0 atom stereocenters. The van der Waals surface area contributed by atoms with Crippen LogP contribution in [-0.4, -0.2) is 5.78 Å². The van der Waals surface area contributed by atoms with Gasteiger partial charge in [-0.3, -0.25) is 9.59 Å². The van der Waals surface area contributed by atoms with Gasteiger partial charge in [0.1, 0.15) is 0 Å². The number of benzene rings is 2. The van der Waals surface area contributed by atoms with Gasteiger partial charge in [-0.25, -0.2) is 0 Å². The van der Waals surface area contributed by atoms with E-state index in [9.17, 15) is 9.59 Å². The molecule has 1 heterocycles. The molecule has 0 amide bonds. The van der Waals surface area contributed by atoms with Crippen molar-refractivity contribution >= 4 is 72.4 Å². The normalized spacial score (nSPS) is 11.3. The molecular formula is C18H9BrCl2O2S. The average molecular weight is 440 g/mol. The summed E-state index contributed by atoms with van der Waals surface area (Å²) in [5.74, 6) is -0.357. The Morgan fingerprint density at radius 1 is 1.08 bits per heavy atom. The highest BCUT2D eigenvalue weighted by molar-refractivity contribution is 9.10. The molecule has 0 bridgehead atoms. The minimum absolute atomic E-state index is 0.145. The molecule has 2 nitrogen and oxygen atoms in total. The number of ketones is 1. The molecule has 0 N–H and O–H groups in total. The van der Waals surface area contributed by atoms with Gasteiger partial charge in [0.15, 0.2) is 5.78 Å². The first-order valence-corrected chi connectivity index (χ1v) is 9.21. The topological polar surface area (TPSA) is 34.1 Å². The zero-order chi connectivity index (χ0) is 17.3. The molecule has 0 spiro atoms. The number of carbonyl (C=O) groups is 1. The van der Waals surface area contributed by atoms with Crippen LogP contribution in [0.25, 0.3) is 16.2 Å². The van der Waals surface area contributed by atoms with E-state index in [0.29, 0.717) is 15.6 Å². The minimum atomic E-state index is -0.357. The first-order chi connectivity index (χ1) is 11.4. The summed E-state index contributed by atoms with van der Waals surface area (Å²) in [6, 6.07) is 12.2. The fourth-order valence-electron chi connectivity index (χ4n) is 2.16. The Labute approximate surface area is 160 Å². The predicted molar refractivity (Wildman–Crippen MR) is 106 cm³/mol. The summed E-state index contributed by atoms with van der Waals surface area (Å²) in [5, 5.41) is 1.81. The summed E-state index contributed by atoms with van der Waals surface area (Å²) in [7, 11) is 0. The van der Waals surface area contributed by atoms with Gasteiger partial charge in [-0.15, -0.1) is 0 Å². The molecule has 3 aromatic rings. The zero-order valence-corrected chi connectivity index (χ0v) is 16.0. The Bertz CT molecular complexity index is 1040. The van der Waals surface area contributed by atoms with Gasteiger partial charge >= 0.3 is 0 Å². The second-order valence-electron chi connectivity index (χ2n) is 4.99. The Morgan fingerprint density at radius 3 is 2.62 bits per heavy atom. The summed E-state index contributed by atoms with van der Waals surface area (Å²) in [4.78, 5) is 24.6. The van der Waals surface area contributed by atoms with E-state index in [0.717, 1.165) is 25.9 Å². The highest BCUT2D eigenvalue weighted by Crippen LogP contribution is 2.24. The van der Waals surface area contributed by atoms with E-state index in [1.54, 1.807) is 30.3 Å². The molecular weight excluding hydrogens is 431 g/mol. The van der Waals surface area contributed by atoms with Crippen molar-refractivity contribution < 1.29 is 4.79 Å². The van der Waals surface area contributed by atoms with E-state index in [1.807, 2.05) is 18.2 Å². The smallest absolute Gasteiger partial charge is 0.244 e. The molecule has 3 rings (SSSR count). The Hall–Kier alpha value is -1.46. The molecule has 0 saturated carbocycles. The maximum absolute atomic E-state index is 12.4. The number of fused-ring (bicyclic) bond motifs is 1. The first kappa shape index (κ1) is 17.4. The fraction of sp³-hybridized carbons (Fsp3) is 0. The summed E-state index contributed by atoms with van der Waals surface area (Å²) in [5.41, 5.74) is 0.806. The second-order valence-corrected chi connectivity index (χ2v) is 7.77. The second kappa shape index (κ2) is 7.19. The van der Waals surface area contributed by atoms with Crippen LogP contribution in [0.2, 0.25) is 10.0 Å². The Balaban J connectivity index is 1.97. The van der Waals surface area contributed by atoms with E-state index in [1.165, 1.54) is 6.08 Å². The van der Waals surface area contributed by atoms with Crippen molar-refractivity contribution in [3.8, 4) is 0 Å². The maximum Gasteiger partial charge on any atom is 0.244 e. The molecule has 0 unspecified atom stereocenters. The van der Waals surface area contributed by atoms with Gasteiger partial charge in [0, 0.05) is 19.2 Å². The lowest BCUT2D eigenvalue weighted by atomic mass is 10.1. The van der Waals surface area contributed by atoms with Crippen molar-refractivity contribution in [3.63, 3.8) is 0 Å². The van der Waals surface area contributed by atoms with E-state index in [2.05, 4.69) is 15.9 Å². The first-order valence-electron chi connectivity index (χ1n) is 6.85. The molecule has 0 radical (unpaired) electrons. The quantitative estimate of drug-likeness (QED) is 0.358. The highest BCUT2D eigenvalue weighted by Gasteiger charge is 2.10. The Kier molecular flexibility index (Phi) is 5.21. The van der Waals surface area contributed by atoms with Crippen LogP contribution >= 0.6 is 50.5 Å². The molecule has 24 heavy (non-hydrogen) atoms. The van der Waals surface area contributed by atoms with E-state index in [4.69, 9.17) is 23.2 Å². The lowest BCUT2D eigenvalue weighted by molar-refractivity contribution is 0.104. The van der Waals surface area contributed by atoms with Crippen molar-refractivity contribution in [3.05, 3.63) is 83.7 Å². The fourth-order valence-corrected chi connectivity index (χ4v) is 3.85. The Morgan fingerprint density at radius 2 is 1.88 bits per heavy atom. The largest absolute Gasteiger partial charge is 0.289 e. The molecule has 6 heteroatoms. The van der Waals surface area contributed by atoms with Crippen LogP contribution in [0.3, 0.4) is 0 Å². The van der Waals surface area contributed by atoms with Gasteiger partial charge < -0.3 is 0 Å². The van der Waals surface area contributed by atoms with Crippen LogP contribution in [0, 0.1) is 0 Å². The molecule has 2 aromatic carbocycles. The van der Waals surface area contributed by atoms with Gasteiger partial charge in [0.2, 0.25) is 4.74 Å². The van der Waals surface area contributed by atoms with Crippen LogP contribution in [0.5, 0.6) is 0 Å². The van der Waals surface area contributed by atoms with Crippen LogP contribution in [0.4, 0.5) is 0 Å². The standard InChI is InChI=1S/C18H9BrCl2O2S/c19-12-3-6-17-11(7-12)8-14(18(23)24-17)16(22)5-2-10-1-4-13(20)9-15(10)21/h1-9H. The third-order valence-electron chi connectivity index (χ3n) is 3.34. The molecule has 120 valence electrons. The van der Waals surface area contributed by atoms with Crippen molar-refractivity contribution in [1.82, 2.24) is 0 Å².